The lowest BCUT2D eigenvalue weighted by atomic mass is 10.1. The first kappa shape index (κ1) is 27.2. The number of hydrogen-bond acceptors (Lipinski definition) is 7. The van der Waals surface area contributed by atoms with Crippen molar-refractivity contribution in [2.75, 3.05) is 11.1 Å². The second kappa shape index (κ2) is 11.8. The van der Waals surface area contributed by atoms with Gasteiger partial charge in [0.05, 0.1) is 26.2 Å². The summed E-state index contributed by atoms with van der Waals surface area (Å²) in [5.41, 5.74) is 3.91. The molecule has 1 aliphatic heterocycles. The van der Waals surface area contributed by atoms with Crippen LogP contribution in [-0.4, -0.2) is 27.7 Å². The van der Waals surface area contributed by atoms with Crippen molar-refractivity contribution in [2.24, 2.45) is 4.99 Å². The summed E-state index contributed by atoms with van der Waals surface area (Å²) >= 11 is 2.26. The molecule has 10 heteroatoms. The molecular formula is C30H24N4O4S2. The zero-order valence-electron chi connectivity index (χ0n) is 21.6. The summed E-state index contributed by atoms with van der Waals surface area (Å²) in [5, 5.41) is 19.9. The largest absolute Gasteiger partial charge is 0.325 e. The van der Waals surface area contributed by atoms with Gasteiger partial charge in [-0.3, -0.25) is 19.7 Å². The molecular weight excluding hydrogens is 544 g/mol. The highest BCUT2D eigenvalue weighted by atomic mass is 32.2. The Balaban J connectivity index is 1.27. The summed E-state index contributed by atoms with van der Waals surface area (Å²) < 4.78 is 0. The first-order valence-corrected chi connectivity index (χ1v) is 14.1. The van der Waals surface area contributed by atoms with Gasteiger partial charge in [-0.05, 0) is 89.5 Å². The third-order valence-corrected chi connectivity index (χ3v) is 7.93. The van der Waals surface area contributed by atoms with Crippen molar-refractivity contribution in [2.45, 2.75) is 18.7 Å². The molecule has 5 rings (SSSR count). The maximum atomic E-state index is 12.6. The van der Waals surface area contributed by atoms with Gasteiger partial charge in [0.2, 0.25) is 5.91 Å². The van der Waals surface area contributed by atoms with E-state index in [-0.39, 0.29) is 23.3 Å². The van der Waals surface area contributed by atoms with Crippen LogP contribution in [0, 0.1) is 24.0 Å². The Morgan fingerprint density at radius 1 is 1.02 bits per heavy atom. The quantitative estimate of drug-likeness (QED) is 0.108. The molecule has 0 aromatic heterocycles. The Morgan fingerprint density at radius 3 is 2.52 bits per heavy atom. The number of nitro groups is 1. The van der Waals surface area contributed by atoms with E-state index in [9.17, 15) is 19.7 Å². The molecule has 1 saturated heterocycles. The van der Waals surface area contributed by atoms with E-state index in [1.165, 1.54) is 17.8 Å². The van der Waals surface area contributed by atoms with E-state index in [0.717, 1.165) is 39.3 Å². The van der Waals surface area contributed by atoms with Crippen molar-refractivity contribution in [3.63, 3.8) is 0 Å². The normalized spacial score (nSPS) is 15.0. The average Bonchev–Trinajstić information content (AvgIpc) is 3.25. The number of aliphatic imine (C=N–C) groups is 1. The molecule has 2 amide bonds. The van der Waals surface area contributed by atoms with Crippen molar-refractivity contribution < 1.29 is 14.5 Å². The van der Waals surface area contributed by atoms with E-state index in [1.54, 1.807) is 18.2 Å². The highest BCUT2D eigenvalue weighted by Crippen LogP contribution is 2.33. The number of fused-ring (bicyclic) bond motifs is 1. The summed E-state index contributed by atoms with van der Waals surface area (Å²) in [5.74, 6) is -0.583. The maximum absolute atomic E-state index is 12.6. The fourth-order valence-electron chi connectivity index (χ4n) is 4.26. The second-order valence-electron chi connectivity index (χ2n) is 9.21. The summed E-state index contributed by atoms with van der Waals surface area (Å²) in [4.78, 5) is 41.7. The van der Waals surface area contributed by atoms with Gasteiger partial charge in [0.1, 0.15) is 0 Å². The van der Waals surface area contributed by atoms with Crippen LogP contribution in [-0.2, 0) is 9.59 Å². The van der Waals surface area contributed by atoms with Crippen LogP contribution < -0.4 is 10.6 Å². The van der Waals surface area contributed by atoms with E-state index >= 15 is 0 Å². The number of thioether (sulfide) groups is 2. The zero-order chi connectivity index (χ0) is 28.2. The maximum Gasteiger partial charge on any atom is 0.283 e. The molecule has 0 bridgehead atoms. The lowest BCUT2D eigenvalue weighted by Gasteiger charge is -2.07. The van der Waals surface area contributed by atoms with Crippen LogP contribution in [0.15, 0.2) is 93.7 Å². The van der Waals surface area contributed by atoms with Crippen LogP contribution in [0.5, 0.6) is 0 Å². The number of aryl methyl sites for hydroxylation is 2. The van der Waals surface area contributed by atoms with Gasteiger partial charge in [0.25, 0.3) is 11.6 Å². The van der Waals surface area contributed by atoms with Crippen molar-refractivity contribution in [3.05, 3.63) is 111 Å². The van der Waals surface area contributed by atoms with Gasteiger partial charge < -0.3 is 10.6 Å². The van der Waals surface area contributed by atoms with Crippen LogP contribution >= 0.6 is 23.5 Å². The summed E-state index contributed by atoms with van der Waals surface area (Å²) in [6, 6.07) is 24.1. The number of hydrogen-bond donors (Lipinski definition) is 2. The van der Waals surface area contributed by atoms with Crippen molar-refractivity contribution in [1.29, 1.82) is 0 Å². The number of anilines is 1. The lowest BCUT2D eigenvalue weighted by molar-refractivity contribution is -0.387. The van der Waals surface area contributed by atoms with E-state index in [2.05, 4.69) is 15.6 Å². The zero-order valence-corrected chi connectivity index (χ0v) is 23.3. The fourth-order valence-corrected chi connectivity index (χ4v) is 5.91. The monoisotopic (exact) mass is 568 g/mol. The van der Waals surface area contributed by atoms with Crippen molar-refractivity contribution in [1.82, 2.24) is 5.32 Å². The minimum atomic E-state index is -0.486. The first-order chi connectivity index (χ1) is 19.2. The highest BCUT2D eigenvalue weighted by molar-refractivity contribution is 8.18. The van der Waals surface area contributed by atoms with Crippen LogP contribution in [0.25, 0.3) is 16.8 Å². The summed E-state index contributed by atoms with van der Waals surface area (Å²) in [6.45, 7) is 3.96. The highest BCUT2D eigenvalue weighted by Gasteiger charge is 2.24. The number of carbonyl (C=O) groups excluding carboxylic acids is 2. The molecule has 0 radical (unpaired) electrons. The number of carbonyl (C=O) groups is 2. The van der Waals surface area contributed by atoms with E-state index in [4.69, 9.17) is 0 Å². The number of rotatable bonds is 7. The topological polar surface area (TPSA) is 114 Å². The molecule has 0 saturated carbocycles. The SMILES string of the molecule is Cc1cc(C)cc(N=C2NC(=O)/C(=C/c3ccc(SCC(=O)Nc4ccc5ccccc5c4)c([N+](=O)[O-])c3)S2)c1. The van der Waals surface area contributed by atoms with Gasteiger partial charge in [0.15, 0.2) is 5.17 Å². The van der Waals surface area contributed by atoms with Gasteiger partial charge in [-0.15, -0.1) is 11.8 Å². The Labute approximate surface area is 239 Å². The van der Waals surface area contributed by atoms with Crippen LogP contribution in [0.2, 0.25) is 0 Å². The average molecular weight is 569 g/mol. The van der Waals surface area contributed by atoms with E-state index in [1.807, 2.05) is 74.5 Å². The third kappa shape index (κ3) is 6.59. The molecule has 2 N–H and O–H groups in total. The Morgan fingerprint density at radius 2 is 1.77 bits per heavy atom. The van der Waals surface area contributed by atoms with Crippen LogP contribution in [0.1, 0.15) is 16.7 Å². The number of amides is 2. The number of nitro benzene ring substituents is 1. The third-order valence-electron chi connectivity index (χ3n) is 5.96. The van der Waals surface area contributed by atoms with Gasteiger partial charge in [0, 0.05) is 11.8 Å². The molecule has 4 aromatic rings. The molecule has 0 unspecified atom stereocenters. The lowest BCUT2D eigenvalue weighted by Crippen LogP contribution is -2.19. The molecule has 40 heavy (non-hydrogen) atoms. The molecule has 0 atom stereocenters. The predicted octanol–water partition coefficient (Wildman–Crippen LogP) is 6.99. The smallest absolute Gasteiger partial charge is 0.283 e. The van der Waals surface area contributed by atoms with E-state index < -0.39 is 4.92 Å². The molecule has 0 spiro atoms. The fraction of sp³-hybridized carbons (Fsp3) is 0.100. The van der Waals surface area contributed by atoms with Crippen molar-refractivity contribution in [3.8, 4) is 0 Å². The minimum Gasteiger partial charge on any atom is -0.325 e. The predicted molar refractivity (Wildman–Crippen MR) is 163 cm³/mol. The number of nitrogens with zero attached hydrogens (tertiary/aromatic N) is 2. The van der Waals surface area contributed by atoms with Crippen LogP contribution in [0.3, 0.4) is 0 Å². The molecule has 200 valence electrons. The van der Waals surface area contributed by atoms with Crippen molar-refractivity contribution >= 4 is 74.4 Å². The number of amidine groups is 1. The molecule has 1 heterocycles. The molecule has 4 aromatic carbocycles. The van der Waals surface area contributed by atoms with E-state index in [0.29, 0.717) is 26.2 Å². The summed E-state index contributed by atoms with van der Waals surface area (Å²) in [6.07, 6.45) is 1.60. The Bertz CT molecular complexity index is 1710. The van der Waals surface area contributed by atoms with Gasteiger partial charge in [-0.1, -0.05) is 42.5 Å². The van der Waals surface area contributed by atoms with Gasteiger partial charge in [-0.25, -0.2) is 4.99 Å². The second-order valence-corrected chi connectivity index (χ2v) is 11.3. The van der Waals surface area contributed by atoms with Crippen LogP contribution in [0.4, 0.5) is 17.1 Å². The molecule has 8 nitrogen and oxygen atoms in total. The summed E-state index contributed by atoms with van der Waals surface area (Å²) in [7, 11) is 0. The Kier molecular flexibility index (Phi) is 7.99. The van der Waals surface area contributed by atoms with Gasteiger partial charge in [-0.2, -0.15) is 0 Å². The number of nitrogens with one attached hydrogen (secondary N) is 2. The molecule has 1 fully saturated rings. The standard InChI is InChI=1S/C30H24N4O4S2/c1-18-11-19(2)13-24(12-18)32-30-33-29(36)27(40-30)15-20-7-10-26(25(14-20)34(37)38)39-17-28(35)31-23-9-8-21-5-3-4-6-22(21)16-23/h3-16H,17H2,1-2H3,(H,31,35)(H,32,33,36)/b27-15-. The minimum absolute atomic E-state index is 0.00458. The molecule has 0 aliphatic carbocycles. The Hall–Kier alpha value is -4.41. The first-order valence-electron chi connectivity index (χ1n) is 12.3. The number of benzene rings is 4. The molecule has 1 aliphatic rings. The van der Waals surface area contributed by atoms with Gasteiger partial charge >= 0.3 is 0 Å².